The molecule has 0 spiro atoms. The van der Waals surface area contributed by atoms with Crippen molar-refractivity contribution < 1.29 is 19.1 Å². The molecule has 3 atom stereocenters. The molecule has 3 aromatic rings. The summed E-state index contributed by atoms with van der Waals surface area (Å²) in [4.78, 5) is 42.6. The third-order valence-electron chi connectivity index (χ3n) is 7.36. The topological polar surface area (TPSA) is 96.2 Å². The van der Waals surface area contributed by atoms with Gasteiger partial charge in [0.25, 0.3) is 5.91 Å². The van der Waals surface area contributed by atoms with Crippen molar-refractivity contribution in [1.29, 1.82) is 0 Å². The van der Waals surface area contributed by atoms with Gasteiger partial charge < -0.3 is 10.5 Å². The Kier molecular flexibility index (Phi) is 8.92. The highest BCUT2D eigenvalue weighted by Crippen LogP contribution is 2.43. The van der Waals surface area contributed by atoms with Crippen molar-refractivity contribution in [2.75, 3.05) is 12.0 Å². The number of rotatable bonds is 6. The fourth-order valence-corrected chi connectivity index (χ4v) is 5.94. The number of hydrazine groups is 1. The lowest BCUT2D eigenvalue weighted by Gasteiger charge is -2.47. The van der Waals surface area contributed by atoms with Gasteiger partial charge in [0.1, 0.15) is 11.8 Å². The molecule has 1 saturated heterocycles. The predicted molar refractivity (Wildman–Crippen MR) is 161 cm³/mol. The van der Waals surface area contributed by atoms with Crippen molar-refractivity contribution in [3.63, 3.8) is 0 Å². The van der Waals surface area contributed by atoms with Gasteiger partial charge in [0, 0.05) is 17.6 Å². The van der Waals surface area contributed by atoms with E-state index in [9.17, 15) is 14.4 Å². The zero-order valence-electron chi connectivity index (χ0n) is 24.1. The molecule has 9 heteroatoms. The molecule has 3 aromatic carbocycles. The maximum atomic E-state index is 14.9. The van der Waals surface area contributed by atoms with E-state index >= 15 is 0 Å². The average Bonchev–Trinajstić information content (AvgIpc) is 3.05. The molecule has 4 amide bonds. The molecule has 0 aromatic heterocycles. The van der Waals surface area contributed by atoms with E-state index in [1.165, 1.54) is 21.8 Å². The summed E-state index contributed by atoms with van der Waals surface area (Å²) in [5.41, 5.74) is 7.44. The lowest BCUT2D eigenvalue weighted by Crippen LogP contribution is -2.62. The van der Waals surface area contributed by atoms with Crippen LogP contribution in [-0.4, -0.2) is 46.6 Å². The van der Waals surface area contributed by atoms with Gasteiger partial charge >= 0.3 is 6.03 Å². The van der Waals surface area contributed by atoms with E-state index in [1.807, 2.05) is 75.4 Å². The summed E-state index contributed by atoms with van der Waals surface area (Å²) < 4.78 is 5.52. The SMILES string of the molecule is COc1cccc(C2C[C@@H](c3ccccc3)C[C@@H](N(C(N)=O)c3cccc(Cl)c3)C(=O)N2N(C(C)=O)C(C)(C)C)c1. The minimum absolute atomic E-state index is 0.166. The molecule has 1 aliphatic rings. The molecular weight excluding hydrogens is 540 g/mol. The van der Waals surface area contributed by atoms with Crippen molar-refractivity contribution in [2.45, 2.75) is 64.1 Å². The molecule has 0 bridgehead atoms. The van der Waals surface area contributed by atoms with Crippen LogP contribution in [0, 0.1) is 0 Å². The number of carbonyl (C=O) groups is 3. The van der Waals surface area contributed by atoms with E-state index in [0.717, 1.165) is 11.1 Å². The number of carbonyl (C=O) groups excluding carboxylic acids is 3. The van der Waals surface area contributed by atoms with Crippen LogP contribution in [0.3, 0.4) is 0 Å². The Hall–Kier alpha value is -4.04. The number of urea groups is 1. The molecule has 1 fully saturated rings. The Morgan fingerprint density at radius 3 is 2.20 bits per heavy atom. The number of methoxy groups -OCH3 is 1. The van der Waals surface area contributed by atoms with Crippen molar-refractivity contribution in [1.82, 2.24) is 10.0 Å². The van der Waals surface area contributed by atoms with E-state index in [2.05, 4.69) is 0 Å². The molecule has 0 radical (unpaired) electrons. The number of amides is 4. The molecule has 216 valence electrons. The summed E-state index contributed by atoms with van der Waals surface area (Å²) in [6.45, 7) is 7.07. The van der Waals surface area contributed by atoms with Gasteiger partial charge in [-0.2, -0.15) is 0 Å². The molecule has 8 nitrogen and oxygen atoms in total. The quantitative estimate of drug-likeness (QED) is 0.372. The van der Waals surface area contributed by atoms with Gasteiger partial charge in [-0.3, -0.25) is 14.5 Å². The zero-order chi connectivity index (χ0) is 29.9. The lowest BCUT2D eigenvalue weighted by molar-refractivity contribution is -0.181. The van der Waals surface area contributed by atoms with Crippen LogP contribution in [0.4, 0.5) is 10.5 Å². The molecule has 1 unspecified atom stereocenters. The first kappa shape index (κ1) is 29.9. The molecule has 1 aliphatic heterocycles. The van der Waals surface area contributed by atoms with Crippen molar-refractivity contribution in [2.24, 2.45) is 5.73 Å². The van der Waals surface area contributed by atoms with E-state index in [0.29, 0.717) is 22.9 Å². The van der Waals surface area contributed by atoms with Gasteiger partial charge in [0.15, 0.2) is 0 Å². The second-order valence-electron chi connectivity index (χ2n) is 11.3. The van der Waals surface area contributed by atoms with Crippen LogP contribution in [0.5, 0.6) is 5.75 Å². The molecule has 2 N–H and O–H groups in total. The Balaban J connectivity index is 1.99. The average molecular weight is 577 g/mol. The zero-order valence-corrected chi connectivity index (χ0v) is 24.8. The van der Waals surface area contributed by atoms with Crippen LogP contribution >= 0.6 is 11.6 Å². The van der Waals surface area contributed by atoms with E-state index in [-0.39, 0.29) is 18.2 Å². The smallest absolute Gasteiger partial charge is 0.320 e. The number of nitrogens with two attached hydrogens (primary N) is 1. The van der Waals surface area contributed by atoms with Gasteiger partial charge in [-0.15, -0.1) is 0 Å². The minimum atomic E-state index is -1.02. The van der Waals surface area contributed by atoms with Crippen molar-refractivity contribution in [3.05, 3.63) is 95.0 Å². The van der Waals surface area contributed by atoms with Gasteiger partial charge in [0.05, 0.1) is 18.7 Å². The first-order valence-corrected chi connectivity index (χ1v) is 14.0. The van der Waals surface area contributed by atoms with Gasteiger partial charge in [0.2, 0.25) is 5.91 Å². The second-order valence-corrected chi connectivity index (χ2v) is 11.7. The number of primary amides is 1. The molecular formula is C32H37ClN4O4. The highest BCUT2D eigenvalue weighted by Gasteiger charge is 2.47. The normalized spacial score (nSPS) is 19.3. The van der Waals surface area contributed by atoms with Crippen molar-refractivity contribution >= 4 is 35.1 Å². The Labute approximate surface area is 246 Å². The fourth-order valence-electron chi connectivity index (χ4n) is 5.75. The van der Waals surface area contributed by atoms with Gasteiger partial charge in [-0.25, -0.2) is 14.8 Å². The number of ether oxygens (including phenoxy) is 1. The minimum Gasteiger partial charge on any atom is -0.497 e. The van der Waals surface area contributed by atoms with E-state index < -0.39 is 29.6 Å². The Morgan fingerprint density at radius 1 is 0.951 bits per heavy atom. The van der Waals surface area contributed by atoms with Gasteiger partial charge in [-0.1, -0.05) is 60.1 Å². The first-order valence-electron chi connectivity index (χ1n) is 13.6. The van der Waals surface area contributed by atoms with E-state index in [1.54, 1.807) is 31.4 Å². The Bertz CT molecular complexity index is 1410. The van der Waals surface area contributed by atoms with Gasteiger partial charge in [-0.05, 0) is 81.0 Å². The number of hydrogen-bond acceptors (Lipinski definition) is 4. The Morgan fingerprint density at radius 2 is 1.61 bits per heavy atom. The summed E-state index contributed by atoms with van der Waals surface area (Å²) in [6.07, 6.45) is 0.770. The number of hydrogen-bond donors (Lipinski definition) is 1. The second kappa shape index (κ2) is 12.2. The maximum absolute atomic E-state index is 14.9. The molecule has 41 heavy (non-hydrogen) atoms. The number of benzene rings is 3. The predicted octanol–water partition coefficient (Wildman–Crippen LogP) is 6.31. The lowest BCUT2D eigenvalue weighted by atomic mass is 9.86. The summed E-state index contributed by atoms with van der Waals surface area (Å²) >= 11 is 6.30. The standard InChI is InChI=1S/C32H37ClN4O4/c1-21(38)37(32(2,3)4)36-28(23-13-9-16-27(17-23)41-5)18-24(22-11-7-6-8-12-22)19-29(30(36)39)35(31(34)40)26-15-10-14-25(33)20-26/h6-17,20,24,28-29H,18-19H2,1-5H3,(H2,34,40)/t24-,28?,29-/m1/s1. The number of halogens is 1. The third kappa shape index (κ3) is 6.49. The molecule has 0 aliphatic carbocycles. The maximum Gasteiger partial charge on any atom is 0.320 e. The van der Waals surface area contributed by atoms with E-state index in [4.69, 9.17) is 22.1 Å². The molecule has 0 saturated carbocycles. The number of nitrogens with zero attached hydrogens (tertiary/aromatic N) is 3. The largest absolute Gasteiger partial charge is 0.497 e. The molecule has 1 heterocycles. The summed E-state index contributed by atoms with van der Waals surface area (Å²) in [5.74, 6) is -0.250. The highest BCUT2D eigenvalue weighted by atomic mass is 35.5. The van der Waals surface area contributed by atoms with Crippen LogP contribution < -0.4 is 15.4 Å². The van der Waals surface area contributed by atoms with Crippen LogP contribution in [0.25, 0.3) is 0 Å². The highest BCUT2D eigenvalue weighted by molar-refractivity contribution is 6.31. The van der Waals surface area contributed by atoms with Crippen LogP contribution in [-0.2, 0) is 9.59 Å². The number of anilines is 1. The fraction of sp³-hybridized carbons (Fsp3) is 0.344. The third-order valence-corrected chi connectivity index (χ3v) is 7.59. The summed E-state index contributed by atoms with van der Waals surface area (Å²) in [5, 5.41) is 3.43. The molecule has 4 rings (SSSR count). The van der Waals surface area contributed by atoms with Crippen LogP contribution in [0.1, 0.15) is 63.6 Å². The summed E-state index contributed by atoms with van der Waals surface area (Å²) in [7, 11) is 1.59. The monoisotopic (exact) mass is 576 g/mol. The van der Waals surface area contributed by atoms with Crippen molar-refractivity contribution in [3.8, 4) is 5.75 Å². The van der Waals surface area contributed by atoms with Crippen LogP contribution in [0.15, 0.2) is 78.9 Å². The van der Waals surface area contributed by atoms with Crippen LogP contribution in [0.2, 0.25) is 5.02 Å². The first-order chi connectivity index (χ1) is 19.4. The summed E-state index contributed by atoms with van der Waals surface area (Å²) in [6, 6.07) is 21.7.